The van der Waals surface area contributed by atoms with Crippen molar-refractivity contribution in [2.24, 2.45) is 0 Å². The number of likely N-dealkylation sites (tertiary alicyclic amines) is 2. The van der Waals surface area contributed by atoms with Gasteiger partial charge >= 0.3 is 0 Å². The van der Waals surface area contributed by atoms with E-state index < -0.39 is 0 Å². The molecule has 0 bridgehead atoms. The van der Waals surface area contributed by atoms with E-state index in [0.29, 0.717) is 6.61 Å². The normalized spacial score (nSPS) is 14.8. The molecule has 0 N–H and O–H groups in total. The van der Waals surface area contributed by atoms with Gasteiger partial charge in [-0.2, -0.15) is 0 Å². The van der Waals surface area contributed by atoms with Crippen molar-refractivity contribution in [3.8, 4) is 39.5 Å². The summed E-state index contributed by atoms with van der Waals surface area (Å²) in [7, 11) is 4.47. The summed E-state index contributed by atoms with van der Waals surface area (Å²) >= 11 is 0. The zero-order valence-electron chi connectivity index (χ0n) is 38.9. The molecule has 0 unspecified atom stereocenters. The molecule has 61 heavy (non-hydrogen) atoms. The molecule has 2 saturated heterocycles. The molecule has 7 heteroatoms. The lowest BCUT2D eigenvalue weighted by molar-refractivity contribution is 0.236. The summed E-state index contributed by atoms with van der Waals surface area (Å²) in [6.45, 7) is 22.8. The van der Waals surface area contributed by atoms with Crippen molar-refractivity contribution in [1.82, 2.24) is 19.6 Å². The second kappa shape index (κ2) is 24.7. The van der Waals surface area contributed by atoms with Crippen LogP contribution in [0, 0.1) is 27.7 Å². The highest BCUT2D eigenvalue weighted by molar-refractivity contribution is 5.75. The molecule has 0 aliphatic carbocycles. The van der Waals surface area contributed by atoms with Crippen molar-refractivity contribution in [1.29, 1.82) is 0 Å². The lowest BCUT2D eigenvalue weighted by Gasteiger charge is -2.21. The molecule has 2 fully saturated rings. The monoisotopic (exact) mass is 831 g/mol. The third kappa shape index (κ3) is 14.1. The quantitative estimate of drug-likeness (QED) is 0.0584. The standard InChI is InChI=1S/C54H78N4O3/c1-43-47(21-7-8-34-57-35-9-10-36-57)22-13-23-48(43)49-24-14-27-52(44(49)2)59-40-18-32-55(5)30-17-31-56(6)33-19-41-60-53-28-15-25-50(45(53)3)51-26-16-29-54(46(51)4)61-42-20-39-58-37-11-12-38-58/h13-16,22-29H,7-12,17-21,30-42H2,1-6H3. The Balaban J connectivity index is 0.852. The zero-order valence-corrected chi connectivity index (χ0v) is 38.9. The maximum absolute atomic E-state index is 6.40. The smallest absolute Gasteiger partial charge is 0.122 e. The first-order valence-corrected chi connectivity index (χ1v) is 23.9. The van der Waals surface area contributed by atoms with Gasteiger partial charge < -0.3 is 33.8 Å². The number of hydrogen-bond donors (Lipinski definition) is 0. The SMILES string of the molecule is Cc1c(CCCCN2CCCC2)cccc1-c1cccc(OCCCN(C)CCCN(C)CCCOc2cccc(-c3cccc(OCCCN4CCCC4)c3C)c2C)c1C. The molecule has 4 aromatic carbocycles. The Kier molecular flexibility index (Phi) is 18.9. The Bertz CT molecular complexity index is 1780. The number of ether oxygens (including phenoxy) is 3. The summed E-state index contributed by atoms with van der Waals surface area (Å²) in [4.78, 5) is 10.1. The fraction of sp³-hybridized carbons (Fsp3) is 0.556. The van der Waals surface area contributed by atoms with Gasteiger partial charge in [0.15, 0.2) is 0 Å². The summed E-state index contributed by atoms with van der Waals surface area (Å²) in [5.74, 6) is 2.97. The first-order chi connectivity index (χ1) is 29.8. The van der Waals surface area contributed by atoms with E-state index in [1.54, 1.807) is 0 Å². The van der Waals surface area contributed by atoms with Gasteiger partial charge in [-0.25, -0.2) is 0 Å². The Morgan fingerprint density at radius 2 is 0.803 bits per heavy atom. The van der Waals surface area contributed by atoms with Crippen molar-refractivity contribution < 1.29 is 14.2 Å². The van der Waals surface area contributed by atoms with Gasteiger partial charge in [-0.05, 0) is 227 Å². The first kappa shape index (κ1) is 46.6. The fourth-order valence-corrected chi connectivity index (χ4v) is 9.43. The summed E-state index contributed by atoms with van der Waals surface area (Å²) in [6, 6.07) is 26.3. The van der Waals surface area contributed by atoms with Crippen LogP contribution in [0.1, 0.15) is 92.0 Å². The predicted octanol–water partition coefficient (Wildman–Crippen LogP) is 11.0. The lowest BCUT2D eigenvalue weighted by Crippen LogP contribution is -2.28. The molecule has 2 aliphatic heterocycles. The van der Waals surface area contributed by atoms with E-state index in [9.17, 15) is 0 Å². The van der Waals surface area contributed by atoms with Gasteiger partial charge in [-0.3, -0.25) is 0 Å². The van der Waals surface area contributed by atoms with E-state index in [-0.39, 0.29) is 0 Å². The fourth-order valence-electron chi connectivity index (χ4n) is 9.43. The van der Waals surface area contributed by atoms with E-state index in [1.807, 2.05) is 0 Å². The van der Waals surface area contributed by atoms with Crippen LogP contribution in [0.2, 0.25) is 0 Å². The minimum atomic E-state index is 0.709. The second-order valence-electron chi connectivity index (χ2n) is 18.0. The molecule has 0 amide bonds. The zero-order chi connectivity index (χ0) is 42.8. The molecule has 0 atom stereocenters. The average Bonchev–Trinajstić information content (AvgIpc) is 3.99. The minimum Gasteiger partial charge on any atom is -0.493 e. The highest BCUT2D eigenvalue weighted by Gasteiger charge is 2.16. The van der Waals surface area contributed by atoms with Crippen LogP contribution < -0.4 is 14.2 Å². The van der Waals surface area contributed by atoms with Gasteiger partial charge in [0.05, 0.1) is 19.8 Å². The number of nitrogens with zero attached hydrogens (tertiary/aromatic N) is 4. The van der Waals surface area contributed by atoms with Crippen molar-refractivity contribution in [3.05, 3.63) is 101 Å². The summed E-state index contributed by atoms with van der Waals surface area (Å²) in [5, 5.41) is 0. The summed E-state index contributed by atoms with van der Waals surface area (Å²) in [6.07, 6.45) is 13.4. The molecule has 2 heterocycles. The highest BCUT2D eigenvalue weighted by Crippen LogP contribution is 2.36. The molecule has 2 aliphatic rings. The van der Waals surface area contributed by atoms with E-state index >= 15 is 0 Å². The average molecular weight is 831 g/mol. The molecule has 4 aromatic rings. The topological polar surface area (TPSA) is 40.7 Å². The molecule has 0 spiro atoms. The number of aryl methyl sites for hydroxylation is 1. The predicted molar refractivity (Wildman–Crippen MR) is 257 cm³/mol. The van der Waals surface area contributed by atoms with Crippen LogP contribution in [0.15, 0.2) is 72.8 Å². The molecule has 0 radical (unpaired) electrons. The molecule has 0 aromatic heterocycles. The number of hydrogen-bond acceptors (Lipinski definition) is 7. The second-order valence-corrected chi connectivity index (χ2v) is 18.0. The van der Waals surface area contributed by atoms with Crippen LogP contribution in [0.4, 0.5) is 0 Å². The van der Waals surface area contributed by atoms with Gasteiger partial charge in [0.1, 0.15) is 17.2 Å². The Labute approximate surface area is 370 Å². The van der Waals surface area contributed by atoms with Crippen LogP contribution in [-0.2, 0) is 6.42 Å². The number of unbranched alkanes of at least 4 members (excludes halogenated alkanes) is 1. The van der Waals surface area contributed by atoms with Crippen molar-refractivity contribution in [2.75, 3.05) is 99.4 Å². The van der Waals surface area contributed by atoms with Crippen molar-refractivity contribution >= 4 is 0 Å². The van der Waals surface area contributed by atoms with Crippen LogP contribution in [0.3, 0.4) is 0 Å². The van der Waals surface area contributed by atoms with Crippen LogP contribution in [0.25, 0.3) is 22.3 Å². The Morgan fingerprint density at radius 1 is 0.426 bits per heavy atom. The third-order valence-corrected chi connectivity index (χ3v) is 13.3. The van der Waals surface area contributed by atoms with E-state index in [1.165, 1.54) is 121 Å². The maximum Gasteiger partial charge on any atom is 0.122 e. The molecular formula is C54H78N4O3. The van der Waals surface area contributed by atoms with Crippen LogP contribution >= 0.6 is 0 Å². The largest absolute Gasteiger partial charge is 0.493 e. The minimum absolute atomic E-state index is 0.709. The molecular weight excluding hydrogens is 753 g/mol. The van der Waals surface area contributed by atoms with E-state index in [0.717, 1.165) is 95.3 Å². The molecule has 332 valence electrons. The Hall–Kier alpha value is -3.88. The highest BCUT2D eigenvalue weighted by atomic mass is 16.5. The maximum atomic E-state index is 6.40. The van der Waals surface area contributed by atoms with Gasteiger partial charge in [0.25, 0.3) is 0 Å². The number of benzene rings is 4. The van der Waals surface area contributed by atoms with Crippen LogP contribution in [0.5, 0.6) is 17.2 Å². The molecule has 0 saturated carbocycles. The third-order valence-electron chi connectivity index (χ3n) is 13.3. The van der Waals surface area contributed by atoms with E-state index in [4.69, 9.17) is 14.2 Å². The van der Waals surface area contributed by atoms with Crippen molar-refractivity contribution in [2.45, 2.75) is 98.3 Å². The molecule has 7 nitrogen and oxygen atoms in total. The van der Waals surface area contributed by atoms with Gasteiger partial charge in [-0.15, -0.1) is 0 Å². The Morgan fingerprint density at radius 3 is 1.26 bits per heavy atom. The van der Waals surface area contributed by atoms with Crippen molar-refractivity contribution in [3.63, 3.8) is 0 Å². The van der Waals surface area contributed by atoms with E-state index in [2.05, 4.69) is 134 Å². The van der Waals surface area contributed by atoms with Gasteiger partial charge in [0.2, 0.25) is 0 Å². The van der Waals surface area contributed by atoms with Gasteiger partial charge in [-0.1, -0.05) is 54.6 Å². The lowest BCUT2D eigenvalue weighted by atomic mass is 9.91. The summed E-state index contributed by atoms with van der Waals surface area (Å²) < 4.78 is 19.0. The first-order valence-electron chi connectivity index (χ1n) is 23.9. The van der Waals surface area contributed by atoms with Gasteiger partial charge in [0, 0.05) is 19.6 Å². The number of rotatable bonds is 26. The summed E-state index contributed by atoms with van der Waals surface area (Å²) in [5.41, 5.74) is 11.6. The van der Waals surface area contributed by atoms with Crippen LogP contribution in [-0.4, -0.2) is 119 Å². The molecule has 6 rings (SSSR count).